The average molecular weight is 546 g/mol. The molecule has 0 aliphatic rings. The summed E-state index contributed by atoms with van der Waals surface area (Å²) in [4.78, 5) is 19.8. The van der Waals surface area contributed by atoms with Crippen molar-refractivity contribution in [1.29, 1.82) is 0 Å². The summed E-state index contributed by atoms with van der Waals surface area (Å²) in [5.74, 6) is 0. The van der Waals surface area contributed by atoms with Crippen molar-refractivity contribution in [2.45, 2.75) is 58.1 Å². The first kappa shape index (κ1) is 28.6. The SMILES string of the molecule is Cc1ccc(S(=O)(=O)OCCCN(C)c2cc(-c3scnc3C)ccc2CNC(=O)OC(C)(C)C)cc1. The first-order valence-corrected chi connectivity index (χ1v) is 14.3. The summed E-state index contributed by atoms with van der Waals surface area (Å²) in [7, 11) is -1.87. The van der Waals surface area contributed by atoms with Crippen molar-refractivity contribution in [2.75, 3.05) is 25.1 Å². The normalized spacial score (nSPS) is 11.8. The molecule has 200 valence electrons. The van der Waals surface area contributed by atoms with Gasteiger partial charge in [-0.25, -0.2) is 9.78 Å². The molecule has 10 heteroatoms. The Morgan fingerprint density at radius 1 is 1.11 bits per heavy atom. The van der Waals surface area contributed by atoms with Crippen LogP contribution in [0.1, 0.15) is 44.0 Å². The first-order valence-electron chi connectivity index (χ1n) is 12.0. The van der Waals surface area contributed by atoms with E-state index in [9.17, 15) is 13.2 Å². The molecule has 3 aromatic rings. The zero-order chi connectivity index (χ0) is 27.2. The molecule has 8 nitrogen and oxygen atoms in total. The summed E-state index contributed by atoms with van der Waals surface area (Å²) < 4.78 is 35.6. The summed E-state index contributed by atoms with van der Waals surface area (Å²) in [6.07, 6.45) is 0.00263. The minimum atomic E-state index is -3.81. The molecule has 0 bridgehead atoms. The van der Waals surface area contributed by atoms with E-state index < -0.39 is 21.8 Å². The number of carbonyl (C=O) groups is 1. The molecule has 3 rings (SSSR count). The van der Waals surface area contributed by atoms with Gasteiger partial charge in [0, 0.05) is 25.8 Å². The van der Waals surface area contributed by atoms with Crippen LogP contribution in [0.25, 0.3) is 10.4 Å². The molecule has 0 spiro atoms. The third-order valence-corrected chi connectivity index (χ3v) is 7.82. The fourth-order valence-corrected chi connectivity index (χ4v) is 5.38. The van der Waals surface area contributed by atoms with Crippen molar-refractivity contribution < 1.29 is 22.1 Å². The highest BCUT2D eigenvalue weighted by Crippen LogP contribution is 2.32. The van der Waals surface area contributed by atoms with Crippen molar-refractivity contribution in [3.63, 3.8) is 0 Å². The second kappa shape index (κ2) is 12.1. The van der Waals surface area contributed by atoms with Crippen LogP contribution >= 0.6 is 11.3 Å². The van der Waals surface area contributed by atoms with Crippen LogP contribution in [-0.2, 0) is 25.6 Å². The van der Waals surface area contributed by atoms with Crippen LogP contribution < -0.4 is 10.2 Å². The van der Waals surface area contributed by atoms with Gasteiger partial charge in [-0.2, -0.15) is 8.42 Å². The fourth-order valence-electron chi connectivity index (χ4n) is 3.63. The number of alkyl carbamates (subject to hydrolysis) is 1. The van der Waals surface area contributed by atoms with Gasteiger partial charge in [-0.05, 0) is 70.4 Å². The lowest BCUT2D eigenvalue weighted by atomic mass is 10.1. The Hall–Kier alpha value is -2.95. The van der Waals surface area contributed by atoms with Crippen molar-refractivity contribution in [3.8, 4) is 10.4 Å². The standard InChI is InChI=1S/C27H35N3O5S2/c1-19-8-12-23(13-9-19)37(32,33)34-15-7-14-30(6)24-16-21(25-20(2)29-18-36-25)10-11-22(24)17-28-26(31)35-27(3,4)5/h8-13,16,18H,7,14-15,17H2,1-6H3,(H,28,31). The van der Waals surface area contributed by atoms with Crippen LogP contribution in [0.4, 0.5) is 10.5 Å². The van der Waals surface area contributed by atoms with Gasteiger partial charge in [0.1, 0.15) is 5.60 Å². The molecule has 0 fully saturated rings. The highest BCUT2D eigenvalue weighted by atomic mass is 32.2. The van der Waals surface area contributed by atoms with Crippen LogP contribution in [0.5, 0.6) is 0 Å². The number of rotatable bonds is 10. The number of thiazole rings is 1. The van der Waals surface area contributed by atoms with E-state index >= 15 is 0 Å². The van der Waals surface area contributed by atoms with Gasteiger partial charge in [0.15, 0.2) is 0 Å². The number of aryl methyl sites for hydroxylation is 2. The van der Waals surface area contributed by atoms with E-state index in [2.05, 4.69) is 16.4 Å². The molecule has 0 aliphatic carbocycles. The Bertz CT molecular complexity index is 1310. The zero-order valence-electron chi connectivity index (χ0n) is 22.2. The minimum absolute atomic E-state index is 0.0552. The molecule has 2 aromatic carbocycles. The Morgan fingerprint density at radius 3 is 2.43 bits per heavy atom. The molecular weight excluding hydrogens is 510 g/mol. The van der Waals surface area contributed by atoms with Gasteiger partial charge in [0.25, 0.3) is 10.1 Å². The fraction of sp³-hybridized carbons (Fsp3) is 0.407. The number of ether oxygens (including phenoxy) is 1. The lowest BCUT2D eigenvalue weighted by molar-refractivity contribution is 0.0523. The molecule has 1 heterocycles. The van der Waals surface area contributed by atoms with Gasteiger partial charge in [-0.3, -0.25) is 4.18 Å². The van der Waals surface area contributed by atoms with Crippen molar-refractivity contribution in [1.82, 2.24) is 10.3 Å². The predicted octanol–water partition coefficient (Wildman–Crippen LogP) is 5.68. The van der Waals surface area contributed by atoms with E-state index in [0.29, 0.717) is 13.0 Å². The molecule has 0 unspecified atom stereocenters. The Kier molecular flexibility index (Phi) is 9.33. The summed E-state index contributed by atoms with van der Waals surface area (Å²) in [5, 5.41) is 2.82. The number of anilines is 1. The second-order valence-electron chi connectivity index (χ2n) is 9.83. The highest BCUT2D eigenvalue weighted by Gasteiger charge is 2.18. The van der Waals surface area contributed by atoms with Gasteiger partial charge in [0.05, 0.1) is 27.6 Å². The maximum Gasteiger partial charge on any atom is 0.407 e. The summed E-state index contributed by atoms with van der Waals surface area (Å²) in [6.45, 7) is 10.2. The monoisotopic (exact) mass is 545 g/mol. The smallest absolute Gasteiger partial charge is 0.407 e. The number of hydrogen-bond acceptors (Lipinski definition) is 8. The molecule has 1 amide bonds. The first-order chi connectivity index (χ1) is 17.4. The van der Waals surface area contributed by atoms with E-state index in [4.69, 9.17) is 8.92 Å². The van der Waals surface area contributed by atoms with Gasteiger partial charge in [-0.1, -0.05) is 29.8 Å². The lowest BCUT2D eigenvalue weighted by Gasteiger charge is -2.24. The van der Waals surface area contributed by atoms with E-state index in [1.807, 2.05) is 64.2 Å². The average Bonchev–Trinajstić information content (AvgIpc) is 3.25. The summed E-state index contributed by atoms with van der Waals surface area (Å²) >= 11 is 1.57. The number of nitrogens with one attached hydrogen (secondary N) is 1. The third-order valence-electron chi connectivity index (χ3n) is 5.51. The molecule has 37 heavy (non-hydrogen) atoms. The van der Waals surface area contributed by atoms with E-state index in [-0.39, 0.29) is 18.0 Å². The zero-order valence-corrected chi connectivity index (χ0v) is 23.8. The summed E-state index contributed by atoms with van der Waals surface area (Å²) in [6, 6.07) is 12.7. The topological polar surface area (TPSA) is 97.8 Å². The second-order valence-corrected chi connectivity index (χ2v) is 12.3. The maximum absolute atomic E-state index is 12.5. The number of benzene rings is 2. The van der Waals surface area contributed by atoms with Crippen LogP contribution in [0.15, 0.2) is 52.9 Å². The van der Waals surface area contributed by atoms with Crippen molar-refractivity contribution in [2.24, 2.45) is 0 Å². The Morgan fingerprint density at radius 2 is 1.81 bits per heavy atom. The quantitative estimate of drug-likeness (QED) is 0.258. The maximum atomic E-state index is 12.5. The molecule has 0 atom stereocenters. The molecule has 0 saturated carbocycles. The minimum Gasteiger partial charge on any atom is -0.444 e. The summed E-state index contributed by atoms with van der Waals surface area (Å²) in [5.41, 5.74) is 6.02. The predicted molar refractivity (Wildman–Crippen MR) is 148 cm³/mol. The van der Waals surface area contributed by atoms with Gasteiger partial charge in [-0.15, -0.1) is 11.3 Å². The molecule has 1 N–H and O–H groups in total. The van der Waals surface area contributed by atoms with Crippen LogP contribution in [0.3, 0.4) is 0 Å². The van der Waals surface area contributed by atoms with Crippen LogP contribution in [0, 0.1) is 13.8 Å². The van der Waals surface area contributed by atoms with Crippen LogP contribution in [0.2, 0.25) is 0 Å². The van der Waals surface area contributed by atoms with Gasteiger partial charge < -0.3 is 15.0 Å². The van der Waals surface area contributed by atoms with E-state index in [1.165, 1.54) is 0 Å². The Balaban J connectivity index is 1.70. The van der Waals surface area contributed by atoms with E-state index in [1.54, 1.807) is 35.6 Å². The molecular formula is C27H35N3O5S2. The Labute approximate surface area is 223 Å². The van der Waals surface area contributed by atoms with Gasteiger partial charge in [0.2, 0.25) is 0 Å². The third kappa shape index (κ3) is 8.28. The highest BCUT2D eigenvalue weighted by molar-refractivity contribution is 7.86. The number of amides is 1. The largest absolute Gasteiger partial charge is 0.444 e. The molecule has 0 aliphatic heterocycles. The van der Waals surface area contributed by atoms with Gasteiger partial charge >= 0.3 is 6.09 Å². The molecule has 0 radical (unpaired) electrons. The van der Waals surface area contributed by atoms with E-state index in [0.717, 1.165) is 32.9 Å². The number of nitrogens with zero attached hydrogens (tertiary/aromatic N) is 2. The molecule has 0 saturated heterocycles. The van der Waals surface area contributed by atoms with Crippen LogP contribution in [-0.4, -0.2) is 45.3 Å². The lowest BCUT2D eigenvalue weighted by Crippen LogP contribution is -2.32. The van der Waals surface area contributed by atoms with Crippen molar-refractivity contribution >= 4 is 33.2 Å². The number of carbonyl (C=O) groups excluding carboxylic acids is 1. The number of hydrogen-bond donors (Lipinski definition) is 1. The van der Waals surface area contributed by atoms with Crippen molar-refractivity contribution in [3.05, 3.63) is 64.8 Å². The number of aromatic nitrogens is 1. The molecule has 1 aromatic heterocycles.